The Morgan fingerprint density at radius 2 is 1.53 bits per heavy atom. The average Bonchev–Trinajstić information content (AvgIpc) is 2.28. The quantitative estimate of drug-likeness (QED) is 0.808. The van der Waals surface area contributed by atoms with Gasteiger partial charge in [0, 0.05) is 7.11 Å². The molecule has 0 amide bonds. The van der Waals surface area contributed by atoms with Crippen molar-refractivity contribution in [1.29, 1.82) is 0 Å². The van der Waals surface area contributed by atoms with Crippen LogP contribution in [0.3, 0.4) is 0 Å². The van der Waals surface area contributed by atoms with Crippen LogP contribution in [-0.4, -0.2) is 59.0 Å². The Labute approximate surface area is 115 Å². The monoisotopic (exact) mass is 276 g/mol. The molecule has 0 aromatic carbocycles. The lowest BCUT2D eigenvalue weighted by Crippen LogP contribution is -2.64. The summed E-state index contributed by atoms with van der Waals surface area (Å²) in [5, 5.41) is 20.5. The third-order valence-corrected chi connectivity index (χ3v) is 3.52. The van der Waals surface area contributed by atoms with Gasteiger partial charge in [-0.2, -0.15) is 0 Å². The Balaban J connectivity index is 2.87. The van der Waals surface area contributed by atoms with Gasteiger partial charge in [0.15, 0.2) is 0 Å². The van der Waals surface area contributed by atoms with Crippen LogP contribution in [0.2, 0.25) is 0 Å². The van der Waals surface area contributed by atoms with Gasteiger partial charge in [-0.15, -0.1) is 0 Å². The fourth-order valence-electron chi connectivity index (χ4n) is 2.31. The van der Waals surface area contributed by atoms with Crippen LogP contribution in [0.1, 0.15) is 41.5 Å². The van der Waals surface area contributed by atoms with Crippen LogP contribution in [0, 0.1) is 0 Å². The van der Waals surface area contributed by atoms with Crippen LogP contribution in [-0.2, 0) is 14.2 Å². The van der Waals surface area contributed by atoms with Crippen molar-refractivity contribution < 1.29 is 24.4 Å². The van der Waals surface area contributed by atoms with Gasteiger partial charge in [0.2, 0.25) is 0 Å². The summed E-state index contributed by atoms with van der Waals surface area (Å²) in [6.07, 6.45) is -3.51. The molecule has 0 saturated carbocycles. The van der Waals surface area contributed by atoms with Crippen molar-refractivity contribution in [3.63, 3.8) is 0 Å². The Hall–Kier alpha value is -0.200. The fourth-order valence-corrected chi connectivity index (χ4v) is 2.31. The van der Waals surface area contributed by atoms with E-state index in [1.807, 2.05) is 41.5 Å². The highest BCUT2D eigenvalue weighted by Crippen LogP contribution is 2.32. The Morgan fingerprint density at radius 3 is 1.95 bits per heavy atom. The molecular weight excluding hydrogens is 248 g/mol. The van der Waals surface area contributed by atoms with Crippen molar-refractivity contribution >= 4 is 0 Å². The molecule has 0 aromatic rings. The van der Waals surface area contributed by atoms with Gasteiger partial charge in [-0.25, -0.2) is 0 Å². The first-order chi connectivity index (χ1) is 8.49. The molecule has 0 radical (unpaired) electrons. The summed E-state index contributed by atoms with van der Waals surface area (Å²) in [7, 11) is 1.56. The largest absolute Gasteiger partial charge is 0.387 e. The molecule has 19 heavy (non-hydrogen) atoms. The van der Waals surface area contributed by atoms with Crippen LogP contribution in [0.5, 0.6) is 0 Å². The summed E-state index contributed by atoms with van der Waals surface area (Å²) in [4.78, 5) is 0. The van der Waals surface area contributed by atoms with Crippen LogP contribution >= 0.6 is 0 Å². The number of rotatable bonds is 3. The summed E-state index contributed by atoms with van der Waals surface area (Å²) in [6.45, 7) is 11.2. The topological polar surface area (TPSA) is 68.2 Å². The average molecular weight is 276 g/mol. The van der Waals surface area contributed by atoms with E-state index < -0.39 is 35.6 Å². The molecule has 1 fully saturated rings. The van der Waals surface area contributed by atoms with Gasteiger partial charge < -0.3 is 24.4 Å². The van der Waals surface area contributed by atoms with Crippen LogP contribution in [0.15, 0.2) is 0 Å². The van der Waals surface area contributed by atoms with Crippen molar-refractivity contribution in [2.75, 3.05) is 7.11 Å². The van der Waals surface area contributed by atoms with Crippen molar-refractivity contribution in [2.24, 2.45) is 0 Å². The molecule has 1 rings (SSSR count). The van der Waals surface area contributed by atoms with Gasteiger partial charge in [0.05, 0.1) is 17.3 Å². The second kappa shape index (κ2) is 5.66. The molecular formula is C14H28O5. The summed E-state index contributed by atoms with van der Waals surface area (Å²) in [6, 6.07) is 0. The minimum atomic E-state index is -1.04. The van der Waals surface area contributed by atoms with Crippen molar-refractivity contribution in [3.8, 4) is 0 Å². The van der Waals surface area contributed by atoms with E-state index in [1.54, 1.807) is 7.11 Å². The van der Waals surface area contributed by atoms with E-state index in [2.05, 4.69) is 0 Å². The van der Waals surface area contributed by atoms with E-state index in [-0.39, 0.29) is 6.10 Å². The number of ether oxygens (including phenoxy) is 3. The third kappa shape index (κ3) is 3.89. The highest BCUT2D eigenvalue weighted by molar-refractivity contribution is 4.98. The molecule has 0 aliphatic carbocycles. The zero-order chi connectivity index (χ0) is 15.0. The minimum absolute atomic E-state index is 0.322. The third-order valence-electron chi connectivity index (χ3n) is 3.52. The lowest BCUT2D eigenvalue weighted by molar-refractivity contribution is -0.281. The first-order valence-electron chi connectivity index (χ1n) is 6.74. The lowest BCUT2D eigenvalue weighted by atomic mass is 9.86. The van der Waals surface area contributed by atoms with Crippen LogP contribution in [0.4, 0.5) is 0 Å². The van der Waals surface area contributed by atoms with E-state index in [9.17, 15) is 10.2 Å². The van der Waals surface area contributed by atoms with Crippen molar-refractivity contribution in [3.05, 3.63) is 0 Å². The molecule has 1 aliphatic heterocycles. The van der Waals surface area contributed by atoms with Gasteiger partial charge in [-0.1, -0.05) is 0 Å². The van der Waals surface area contributed by atoms with Gasteiger partial charge >= 0.3 is 0 Å². The maximum Gasteiger partial charge on any atom is 0.115 e. The standard InChI is InChI=1S/C14H28O5/c1-8-11(19-13(2,3)4)9(15)10(16)12(18-8)14(5,6)17-7/h8-12,15-16H,1-7H3/t8?,9-,10?,11?,12-/m1/s1. The molecule has 3 unspecified atom stereocenters. The van der Waals surface area contributed by atoms with Gasteiger partial charge in [-0.3, -0.25) is 0 Å². The molecule has 5 atom stereocenters. The Morgan fingerprint density at radius 1 is 1.00 bits per heavy atom. The molecule has 1 aliphatic rings. The predicted molar refractivity (Wildman–Crippen MR) is 72.1 cm³/mol. The summed E-state index contributed by atoms with van der Waals surface area (Å²) in [5.74, 6) is 0. The van der Waals surface area contributed by atoms with Gasteiger partial charge in [0.1, 0.15) is 24.4 Å². The zero-order valence-corrected chi connectivity index (χ0v) is 13.0. The minimum Gasteiger partial charge on any atom is -0.387 e. The number of hydrogen-bond acceptors (Lipinski definition) is 5. The second-order valence-electron chi connectivity index (χ2n) is 6.75. The maximum absolute atomic E-state index is 10.3. The zero-order valence-electron chi connectivity index (χ0n) is 13.0. The van der Waals surface area contributed by atoms with E-state index in [0.717, 1.165) is 0 Å². The molecule has 0 spiro atoms. The first kappa shape index (κ1) is 16.9. The fraction of sp³-hybridized carbons (Fsp3) is 1.00. The van der Waals surface area contributed by atoms with Crippen LogP contribution < -0.4 is 0 Å². The number of aliphatic hydroxyl groups is 2. The van der Waals surface area contributed by atoms with Gasteiger partial charge in [-0.05, 0) is 41.5 Å². The van der Waals surface area contributed by atoms with E-state index in [1.165, 1.54) is 0 Å². The molecule has 1 heterocycles. The predicted octanol–water partition coefficient (Wildman–Crippen LogP) is 1.10. The smallest absolute Gasteiger partial charge is 0.115 e. The van der Waals surface area contributed by atoms with Crippen molar-refractivity contribution in [2.45, 2.75) is 83.3 Å². The molecule has 114 valence electrons. The van der Waals surface area contributed by atoms with E-state index in [4.69, 9.17) is 14.2 Å². The first-order valence-corrected chi connectivity index (χ1v) is 6.74. The molecule has 1 saturated heterocycles. The number of aliphatic hydroxyl groups excluding tert-OH is 2. The summed E-state index contributed by atoms with van der Waals surface area (Å²) >= 11 is 0. The Bertz CT molecular complexity index is 297. The lowest BCUT2D eigenvalue weighted by Gasteiger charge is -2.48. The maximum atomic E-state index is 10.3. The number of methoxy groups -OCH3 is 1. The number of hydrogen-bond donors (Lipinski definition) is 2. The SMILES string of the molecule is COC(C)(C)[C@@H]1OC(C)C(OC(C)(C)C)[C@H](O)C1O. The molecule has 5 heteroatoms. The molecule has 5 nitrogen and oxygen atoms in total. The van der Waals surface area contributed by atoms with Crippen LogP contribution in [0.25, 0.3) is 0 Å². The normalized spacial score (nSPS) is 37.4. The highest BCUT2D eigenvalue weighted by Gasteiger charge is 2.50. The van der Waals surface area contributed by atoms with Gasteiger partial charge in [0.25, 0.3) is 0 Å². The van der Waals surface area contributed by atoms with E-state index in [0.29, 0.717) is 0 Å². The summed E-state index contributed by atoms with van der Waals surface area (Å²) in [5.41, 5.74) is -1.09. The molecule has 2 N–H and O–H groups in total. The highest BCUT2D eigenvalue weighted by atomic mass is 16.6. The second-order valence-corrected chi connectivity index (χ2v) is 6.75. The van der Waals surface area contributed by atoms with E-state index >= 15 is 0 Å². The van der Waals surface area contributed by atoms with Crippen molar-refractivity contribution in [1.82, 2.24) is 0 Å². The summed E-state index contributed by atoms with van der Waals surface area (Å²) < 4.78 is 17.0. The Kier molecular flexibility index (Phi) is 5.02. The molecule has 0 bridgehead atoms. The molecule has 0 aromatic heterocycles.